The molecule has 0 radical (unpaired) electrons. The monoisotopic (exact) mass is 335 g/mol. The minimum Gasteiger partial charge on any atom is -0.468 e. The Kier molecular flexibility index (Phi) is 5.32. The van der Waals surface area contributed by atoms with Crippen LogP contribution in [0.5, 0.6) is 0 Å². The Bertz CT molecular complexity index is 769. The Balaban J connectivity index is 2.45. The number of ketones is 1. The topological polar surface area (TPSA) is 89.7 Å². The number of nitrogens with zero attached hydrogens (tertiary/aromatic N) is 5. The third-order valence-electron chi connectivity index (χ3n) is 2.84. The summed E-state index contributed by atoms with van der Waals surface area (Å²) in [6.07, 6.45) is 5.06. The van der Waals surface area contributed by atoms with Gasteiger partial charge in [0.25, 0.3) is 5.78 Å². The fourth-order valence-electron chi connectivity index (χ4n) is 1.73. The number of hydrogen-bond acceptors (Lipinski definition) is 8. The van der Waals surface area contributed by atoms with Crippen molar-refractivity contribution in [3.05, 3.63) is 23.7 Å². The Hall–Kier alpha value is -2.42. The van der Waals surface area contributed by atoms with Gasteiger partial charge >= 0.3 is 5.97 Å². The summed E-state index contributed by atoms with van der Waals surface area (Å²) in [5.41, 5.74) is 1.04. The number of Topliss-reactive ketones (excluding diaryl/α,β-unsaturated/α-hetero) is 1. The zero-order valence-electron chi connectivity index (χ0n) is 13.3. The van der Waals surface area contributed by atoms with Crippen molar-refractivity contribution in [3.63, 3.8) is 0 Å². The zero-order chi connectivity index (χ0) is 17.0. The van der Waals surface area contributed by atoms with Gasteiger partial charge in [0.1, 0.15) is 0 Å². The highest BCUT2D eigenvalue weighted by molar-refractivity contribution is 7.99. The minimum absolute atomic E-state index is 0.107. The molecule has 0 fully saturated rings. The lowest BCUT2D eigenvalue weighted by molar-refractivity contribution is -0.137. The van der Waals surface area contributed by atoms with Crippen molar-refractivity contribution in [1.29, 1.82) is 0 Å². The third-order valence-corrected chi connectivity index (χ3v) is 3.65. The maximum Gasteiger partial charge on any atom is 0.316 e. The molecule has 0 amide bonds. The molecule has 0 aromatic carbocycles. The summed E-state index contributed by atoms with van der Waals surface area (Å²) < 4.78 is 6.08. The van der Waals surface area contributed by atoms with Gasteiger partial charge in [-0.1, -0.05) is 11.8 Å². The van der Waals surface area contributed by atoms with Crippen LogP contribution < -0.4 is 0 Å². The van der Waals surface area contributed by atoms with Crippen LogP contribution >= 0.6 is 11.8 Å². The summed E-state index contributed by atoms with van der Waals surface area (Å²) >= 11 is 1.15. The maximum absolute atomic E-state index is 11.8. The van der Waals surface area contributed by atoms with Crippen LogP contribution in [-0.2, 0) is 9.53 Å². The Morgan fingerprint density at radius 1 is 1.43 bits per heavy atom. The highest BCUT2D eigenvalue weighted by atomic mass is 32.2. The molecule has 0 bridgehead atoms. The van der Waals surface area contributed by atoms with E-state index in [1.807, 2.05) is 25.2 Å². The van der Waals surface area contributed by atoms with Crippen molar-refractivity contribution < 1.29 is 14.3 Å². The number of hydrogen-bond donors (Lipinski definition) is 0. The number of esters is 1. The van der Waals surface area contributed by atoms with E-state index in [9.17, 15) is 9.59 Å². The fraction of sp³-hybridized carbons (Fsp3) is 0.357. The molecule has 0 aliphatic heterocycles. The van der Waals surface area contributed by atoms with Gasteiger partial charge in [-0.15, -0.1) is 5.10 Å². The SMILES string of the molecule is COC(=O)CSc1nc2ncc(C(C)=O)c(/C=C/N(C)C)n2n1. The average Bonchev–Trinajstić information content (AvgIpc) is 2.92. The Morgan fingerprint density at radius 3 is 2.78 bits per heavy atom. The molecule has 2 aromatic heterocycles. The molecule has 0 aliphatic carbocycles. The van der Waals surface area contributed by atoms with Gasteiger partial charge < -0.3 is 9.64 Å². The van der Waals surface area contributed by atoms with Crippen molar-refractivity contribution in [1.82, 2.24) is 24.5 Å². The molecule has 9 heteroatoms. The van der Waals surface area contributed by atoms with Gasteiger partial charge in [0.2, 0.25) is 5.16 Å². The number of aromatic nitrogens is 4. The predicted molar refractivity (Wildman–Crippen MR) is 86.2 cm³/mol. The lowest BCUT2D eigenvalue weighted by Crippen LogP contribution is -2.07. The first-order chi connectivity index (χ1) is 10.9. The van der Waals surface area contributed by atoms with E-state index in [2.05, 4.69) is 19.8 Å². The smallest absolute Gasteiger partial charge is 0.316 e. The molecule has 0 saturated heterocycles. The summed E-state index contributed by atoms with van der Waals surface area (Å²) in [4.78, 5) is 33.2. The second-order valence-electron chi connectivity index (χ2n) is 4.86. The molecule has 2 rings (SSSR count). The van der Waals surface area contributed by atoms with E-state index in [1.54, 1.807) is 6.08 Å². The summed E-state index contributed by atoms with van der Waals surface area (Å²) in [6, 6.07) is 0. The van der Waals surface area contributed by atoms with E-state index in [0.717, 1.165) is 11.8 Å². The van der Waals surface area contributed by atoms with Crippen molar-refractivity contribution >= 4 is 35.4 Å². The molecule has 0 spiro atoms. The second kappa shape index (κ2) is 7.23. The van der Waals surface area contributed by atoms with E-state index >= 15 is 0 Å². The molecular formula is C14H17N5O3S. The molecule has 122 valence electrons. The van der Waals surface area contributed by atoms with Crippen molar-refractivity contribution in [3.8, 4) is 0 Å². The molecule has 0 N–H and O–H groups in total. The van der Waals surface area contributed by atoms with Gasteiger partial charge in [0.15, 0.2) is 5.78 Å². The first-order valence-corrected chi connectivity index (χ1v) is 7.72. The van der Waals surface area contributed by atoms with E-state index in [1.165, 1.54) is 24.7 Å². The van der Waals surface area contributed by atoms with E-state index in [4.69, 9.17) is 0 Å². The van der Waals surface area contributed by atoms with Gasteiger partial charge in [-0.3, -0.25) is 9.59 Å². The molecular weight excluding hydrogens is 318 g/mol. The molecule has 0 saturated carbocycles. The summed E-state index contributed by atoms with van der Waals surface area (Å²) in [5.74, 6) is -0.00710. The van der Waals surface area contributed by atoms with Crippen LogP contribution in [0.15, 0.2) is 17.6 Å². The van der Waals surface area contributed by atoms with Crippen LogP contribution in [0.3, 0.4) is 0 Å². The molecule has 23 heavy (non-hydrogen) atoms. The molecule has 8 nitrogen and oxygen atoms in total. The van der Waals surface area contributed by atoms with Crippen LogP contribution in [0.4, 0.5) is 0 Å². The van der Waals surface area contributed by atoms with Crippen molar-refractivity contribution in [2.45, 2.75) is 12.1 Å². The molecule has 0 unspecified atom stereocenters. The molecule has 0 aliphatic rings. The second-order valence-corrected chi connectivity index (χ2v) is 5.81. The van der Waals surface area contributed by atoms with Crippen LogP contribution in [-0.4, -0.2) is 63.2 Å². The number of ether oxygens (including phenoxy) is 1. The molecule has 2 aromatic rings. The number of rotatable bonds is 6. The Labute approximate surface area is 137 Å². The highest BCUT2D eigenvalue weighted by Crippen LogP contribution is 2.18. The first-order valence-electron chi connectivity index (χ1n) is 6.73. The van der Waals surface area contributed by atoms with Gasteiger partial charge in [-0.25, -0.2) is 4.98 Å². The van der Waals surface area contributed by atoms with Gasteiger partial charge in [0.05, 0.1) is 24.1 Å². The first kappa shape index (κ1) is 16.9. The number of carbonyl (C=O) groups excluding carboxylic acids is 2. The lowest BCUT2D eigenvalue weighted by atomic mass is 10.1. The van der Waals surface area contributed by atoms with Gasteiger partial charge in [-0.2, -0.15) is 9.50 Å². The molecule has 0 atom stereocenters. The maximum atomic E-state index is 11.8. The van der Waals surface area contributed by atoms with E-state index in [-0.39, 0.29) is 17.5 Å². The largest absolute Gasteiger partial charge is 0.468 e. The van der Waals surface area contributed by atoms with Gasteiger partial charge in [-0.05, 0) is 13.0 Å². The quantitative estimate of drug-likeness (QED) is 0.441. The third kappa shape index (κ3) is 4.07. The summed E-state index contributed by atoms with van der Waals surface area (Å²) in [7, 11) is 5.08. The lowest BCUT2D eigenvalue weighted by Gasteiger charge is -2.06. The number of carbonyl (C=O) groups is 2. The number of methoxy groups -OCH3 is 1. The number of fused-ring (bicyclic) bond motifs is 1. The standard InChI is InChI=1S/C14H17N5O3S/c1-9(20)10-7-15-13-16-14(23-8-12(21)22-4)17-19(13)11(10)5-6-18(2)3/h5-7H,8H2,1-4H3/b6-5+. The highest BCUT2D eigenvalue weighted by Gasteiger charge is 2.15. The van der Waals surface area contributed by atoms with Crippen LogP contribution in [0.25, 0.3) is 11.9 Å². The van der Waals surface area contributed by atoms with Crippen LogP contribution in [0.2, 0.25) is 0 Å². The number of thioether (sulfide) groups is 1. The normalized spacial score (nSPS) is 11.1. The van der Waals surface area contributed by atoms with Crippen molar-refractivity contribution in [2.24, 2.45) is 0 Å². The van der Waals surface area contributed by atoms with E-state index < -0.39 is 0 Å². The van der Waals surface area contributed by atoms with E-state index in [0.29, 0.717) is 22.2 Å². The van der Waals surface area contributed by atoms with Crippen LogP contribution in [0, 0.1) is 0 Å². The minimum atomic E-state index is -0.362. The van der Waals surface area contributed by atoms with Crippen molar-refractivity contribution in [2.75, 3.05) is 27.0 Å². The predicted octanol–water partition coefficient (Wildman–Crippen LogP) is 1.12. The zero-order valence-corrected chi connectivity index (χ0v) is 14.1. The van der Waals surface area contributed by atoms with Gasteiger partial charge in [0, 0.05) is 26.5 Å². The Morgan fingerprint density at radius 2 is 2.17 bits per heavy atom. The fourth-order valence-corrected chi connectivity index (χ4v) is 2.38. The molecule has 2 heterocycles. The van der Waals surface area contributed by atoms with Crippen LogP contribution in [0.1, 0.15) is 23.0 Å². The average molecular weight is 335 g/mol. The summed E-state index contributed by atoms with van der Waals surface area (Å²) in [6.45, 7) is 1.47. The summed E-state index contributed by atoms with van der Waals surface area (Å²) in [5, 5.41) is 4.71.